The Morgan fingerprint density at radius 3 is 2.00 bits per heavy atom. The van der Waals surface area contributed by atoms with E-state index in [0.29, 0.717) is 0 Å². The van der Waals surface area contributed by atoms with Crippen molar-refractivity contribution >= 4 is 12.0 Å². The molecule has 1 atom stereocenters. The Morgan fingerprint density at radius 1 is 0.903 bits per heavy atom. The summed E-state index contributed by atoms with van der Waals surface area (Å²) in [5.74, 6) is 0.272. The van der Waals surface area contributed by atoms with E-state index in [1.165, 1.54) is 76.7 Å². The average Bonchev–Trinajstić information content (AvgIpc) is 2.79. The quantitative estimate of drug-likeness (QED) is 0.166. The Morgan fingerprint density at radius 2 is 1.45 bits per heavy atom. The molecule has 31 heavy (non-hydrogen) atoms. The monoisotopic (exact) mass is 434 g/mol. The standard InChI is InChI=1S/C26H42O5/c1-2-3-4-5-6-7-8-9-10-11-12-13-20-30-25-17-14-23(15-18-25)16-19-26(29)31-22-24(28)21-27/h14-19,24,27-28H,2-13,20-22H2,1H3/b19-16+. The smallest absolute Gasteiger partial charge is 0.330 e. The molecule has 0 fully saturated rings. The lowest BCUT2D eigenvalue weighted by molar-refractivity contribution is -0.141. The van der Waals surface area contributed by atoms with Crippen molar-refractivity contribution in [2.45, 2.75) is 90.1 Å². The van der Waals surface area contributed by atoms with Crippen LogP contribution in [0.3, 0.4) is 0 Å². The Hall–Kier alpha value is -1.85. The molecule has 0 amide bonds. The van der Waals surface area contributed by atoms with E-state index in [9.17, 15) is 4.79 Å². The van der Waals surface area contributed by atoms with Gasteiger partial charge in [0.25, 0.3) is 0 Å². The summed E-state index contributed by atoms with van der Waals surface area (Å²) in [6.45, 7) is 2.34. The van der Waals surface area contributed by atoms with Crippen LogP contribution in [0.5, 0.6) is 5.75 Å². The minimum absolute atomic E-state index is 0.217. The first kappa shape index (κ1) is 27.2. The van der Waals surface area contributed by atoms with E-state index in [4.69, 9.17) is 19.7 Å². The molecule has 5 nitrogen and oxygen atoms in total. The summed E-state index contributed by atoms with van der Waals surface area (Å²) in [5, 5.41) is 17.8. The predicted octanol–water partition coefficient (Wildman–Crippen LogP) is 5.68. The largest absolute Gasteiger partial charge is 0.494 e. The van der Waals surface area contributed by atoms with E-state index in [0.717, 1.165) is 24.3 Å². The van der Waals surface area contributed by atoms with Crippen LogP contribution in [0.1, 0.15) is 89.5 Å². The highest BCUT2D eigenvalue weighted by atomic mass is 16.5. The number of benzene rings is 1. The number of unbranched alkanes of at least 4 members (excludes halogenated alkanes) is 11. The van der Waals surface area contributed by atoms with E-state index >= 15 is 0 Å². The molecule has 1 unspecified atom stereocenters. The van der Waals surface area contributed by atoms with E-state index in [1.807, 2.05) is 24.3 Å². The zero-order valence-electron chi connectivity index (χ0n) is 19.3. The molecule has 1 aromatic carbocycles. The highest BCUT2D eigenvalue weighted by Gasteiger charge is 2.04. The third kappa shape index (κ3) is 15.6. The maximum atomic E-state index is 11.5. The van der Waals surface area contributed by atoms with Crippen LogP contribution in [-0.2, 0) is 9.53 Å². The van der Waals surface area contributed by atoms with Gasteiger partial charge in [-0.15, -0.1) is 0 Å². The fourth-order valence-corrected chi connectivity index (χ4v) is 3.25. The number of ether oxygens (including phenoxy) is 2. The van der Waals surface area contributed by atoms with Gasteiger partial charge >= 0.3 is 5.97 Å². The second kappa shape index (κ2) is 18.9. The normalized spacial score (nSPS) is 12.2. The number of esters is 1. The van der Waals surface area contributed by atoms with E-state index < -0.39 is 18.7 Å². The van der Waals surface area contributed by atoms with Gasteiger partial charge in [0.05, 0.1) is 13.2 Å². The number of aliphatic hydroxyl groups is 2. The minimum Gasteiger partial charge on any atom is -0.494 e. The molecule has 1 aromatic rings. The summed E-state index contributed by atoms with van der Waals surface area (Å²) >= 11 is 0. The number of hydrogen-bond acceptors (Lipinski definition) is 5. The topological polar surface area (TPSA) is 76.0 Å². The van der Waals surface area contributed by atoms with Crippen LogP contribution in [0.4, 0.5) is 0 Å². The summed E-state index contributed by atoms with van der Waals surface area (Å²) in [6, 6.07) is 7.54. The highest BCUT2D eigenvalue weighted by molar-refractivity contribution is 5.87. The first-order valence-corrected chi connectivity index (χ1v) is 12.0. The second-order valence-corrected chi connectivity index (χ2v) is 8.11. The van der Waals surface area contributed by atoms with Crippen molar-refractivity contribution in [3.8, 4) is 5.75 Å². The summed E-state index contributed by atoms with van der Waals surface area (Å²) in [6.07, 6.45) is 17.9. The van der Waals surface area contributed by atoms with Gasteiger partial charge in [0.1, 0.15) is 18.5 Å². The molecule has 0 saturated carbocycles. The third-order valence-corrected chi connectivity index (χ3v) is 5.19. The number of rotatable bonds is 19. The van der Waals surface area contributed by atoms with Crippen LogP contribution in [0.25, 0.3) is 6.08 Å². The highest BCUT2D eigenvalue weighted by Crippen LogP contribution is 2.15. The molecule has 0 aliphatic carbocycles. The lowest BCUT2D eigenvalue weighted by Crippen LogP contribution is -2.21. The number of carbonyl (C=O) groups excluding carboxylic acids is 1. The molecule has 0 bridgehead atoms. The molecule has 0 saturated heterocycles. The van der Waals surface area contributed by atoms with Crippen molar-refractivity contribution in [1.29, 1.82) is 0 Å². The van der Waals surface area contributed by atoms with Crippen molar-refractivity contribution in [2.24, 2.45) is 0 Å². The van der Waals surface area contributed by atoms with Crippen LogP contribution >= 0.6 is 0 Å². The molecule has 1 rings (SSSR count). The molecule has 0 aliphatic rings. The zero-order chi connectivity index (χ0) is 22.6. The maximum Gasteiger partial charge on any atom is 0.330 e. The van der Waals surface area contributed by atoms with Crippen LogP contribution in [0.2, 0.25) is 0 Å². The van der Waals surface area contributed by atoms with Gasteiger partial charge in [-0.1, -0.05) is 89.7 Å². The molecular weight excluding hydrogens is 392 g/mol. The number of aliphatic hydroxyl groups excluding tert-OH is 2. The zero-order valence-corrected chi connectivity index (χ0v) is 19.3. The van der Waals surface area contributed by atoms with Gasteiger partial charge in [0.2, 0.25) is 0 Å². The van der Waals surface area contributed by atoms with Crippen molar-refractivity contribution < 1.29 is 24.5 Å². The Balaban J connectivity index is 2.03. The van der Waals surface area contributed by atoms with Crippen molar-refractivity contribution in [1.82, 2.24) is 0 Å². The molecule has 5 heteroatoms. The summed E-state index contributed by atoms with van der Waals surface area (Å²) in [7, 11) is 0. The molecule has 176 valence electrons. The Labute approximate surface area is 188 Å². The van der Waals surface area contributed by atoms with Crippen LogP contribution in [-0.4, -0.2) is 42.1 Å². The molecule has 0 aromatic heterocycles. The molecule has 0 aliphatic heterocycles. The van der Waals surface area contributed by atoms with Gasteiger partial charge in [-0.2, -0.15) is 0 Å². The lowest BCUT2D eigenvalue weighted by Gasteiger charge is -2.07. The fraction of sp³-hybridized carbons (Fsp3) is 0.654. The first-order valence-electron chi connectivity index (χ1n) is 12.0. The third-order valence-electron chi connectivity index (χ3n) is 5.19. The van der Waals surface area contributed by atoms with Crippen LogP contribution < -0.4 is 4.74 Å². The van der Waals surface area contributed by atoms with E-state index in [1.54, 1.807) is 6.08 Å². The minimum atomic E-state index is -1.04. The molecule has 0 spiro atoms. The van der Waals surface area contributed by atoms with Crippen LogP contribution in [0.15, 0.2) is 30.3 Å². The lowest BCUT2D eigenvalue weighted by atomic mass is 10.1. The van der Waals surface area contributed by atoms with E-state index in [2.05, 4.69) is 6.92 Å². The van der Waals surface area contributed by atoms with Crippen LogP contribution in [0, 0.1) is 0 Å². The van der Waals surface area contributed by atoms with Crippen molar-refractivity contribution in [3.63, 3.8) is 0 Å². The predicted molar refractivity (Wildman–Crippen MR) is 126 cm³/mol. The average molecular weight is 435 g/mol. The summed E-state index contributed by atoms with van der Waals surface area (Å²) < 4.78 is 10.6. The van der Waals surface area contributed by atoms with Gasteiger partial charge in [-0.25, -0.2) is 4.79 Å². The first-order chi connectivity index (χ1) is 15.2. The SMILES string of the molecule is CCCCCCCCCCCCCCOc1ccc(/C=C/C(=O)OCC(O)CO)cc1. The molecular formula is C26H42O5. The second-order valence-electron chi connectivity index (χ2n) is 8.11. The van der Waals surface area contributed by atoms with Gasteiger partial charge in [0, 0.05) is 6.08 Å². The number of carbonyl (C=O) groups is 1. The van der Waals surface area contributed by atoms with Crippen molar-refractivity contribution in [2.75, 3.05) is 19.8 Å². The molecule has 0 radical (unpaired) electrons. The van der Waals surface area contributed by atoms with Gasteiger partial charge < -0.3 is 19.7 Å². The maximum absolute atomic E-state index is 11.5. The number of hydrogen-bond donors (Lipinski definition) is 2. The Kier molecular flexibility index (Phi) is 16.6. The fourth-order valence-electron chi connectivity index (χ4n) is 3.25. The van der Waals surface area contributed by atoms with Gasteiger partial charge in [0.15, 0.2) is 0 Å². The molecule has 0 heterocycles. The van der Waals surface area contributed by atoms with Crippen molar-refractivity contribution in [3.05, 3.63) is 35.9 Å². The van der Waals surface area contributed by atoms with E-state index in [-0.39, 0.29) is 6.61 Å². The Bertz CT molecular complexity index is 582. The van der Waals surface area contributed by atoms with Gasteiger partial charge in [-0.3, -0.25) is 0 Å². The summed E-state index contributed by atoms with van der Waals surface area (Å²) in [4.78, 5) is 11.5. The van der Waals surface area contributed by atoms with Gasteiger partial charge in [-0.05, 0) is 30.2 Å². The molecule has 2 N–H and O–H groups in total. The summed E-state index contributed by atoms with van der Waals surface area (Å²) in [5.41, 5.74) is 0.859.